The first-order valence-electron chi connectivity index (χ1n) is 9.88. The second-order valence-electron chi connectivity index (χ2n) is 7.51. The van der Waals surface area contributed by atoms with Gasteiger partial charge in [-0.15, -0.1) is 0 Å². The molecule has 8 heteroatoms. The van der Waals surface area contributed by atoms with Crippen LogP contribution in [-0.2, 0) is 16.1 Å². The van der Waals surface area contributed by atoms with Gasteiger partial charge in [-0.05, 0) is 30.3 Å². The highest BCUT2D eigenvalue weighted by atomic mass is 19.1. The van der Waals surface area contributed by atoms with Gasteiger partial charge in [-0.3, -0.25) is 19.4 Å². The summed E-state index contributed by atoms with van der Waals surface area (Å²) >= 11 is 0. The van der Waals surface area contributed by atoms with Crippen molar-refractivity contribution < 1.29 is 23.1 Å². The maximum absolute atomic E-state index is 14.1. The minimum absolute atomic E-state index is 0.00633. The SMILES string of the molecule is COc1ccc(F)cc1CN1CCN([C@@H]2CC(=O)N(c3ccccc3F)C2=O)CC1. The van der Waals surface area contributed by atoms with Gasteiger partial charge in [-0.25, -0.2) is 13.7 Å². The summed E-state index contributed by atoms with van der Waals surface area (Å²) in [6.45, 7) is 3.04. The molecule has 0 spiro atoms. The fourth-order valence-electron chi connectivity index (χ4n) is 4.13. The first kappa shape index (κ1) is 20.4. The molecule has 2 aromatic rings. The number of rotatable bonds is 5. The third-order valence-electron chi connectivity index (χ3n) is 5.70. The normalized spacial score (nSPS) is 20.8. The molecule has 158 valence electrons. The highest BCUT2D eigenvalue weighted by Crippen LogP contribution is 2.29. The van der Waals surface area contributed by atoms with Crippen LogP contribution < -0.4 is 9.64 Å². The molecule has 0 radical (unpaired) electrons. The number of ether oxygens (including phenoxy) is 1. The lowest BCUT2D eigenvalue weighted by molar-refractivity contribution is -0.123. The molecule has 1 atom stereocenters. The Morgan fingerprint density at radius 3 is 2.47 bits per heavy atom. The lowest BCUT2D eigenvalue weighted by atomic mass is 10.1. The molecule has 2 aromatic carbocycles. The standard InChI is InChI=1S/C22H23F2N3O3/c1-30-20-7-6-16(23)12-15(20)14-25-8-10-26(11-9-25)19-13-21(28)27(22(19)29)18-5-3-2-4-17(18)24/h2-7,12,19H,8-11,13-14H2,1H3/t19-/m1/s1. The Morgan fingerprint density at radius 1 is 1.03 bits per heavy atom. The molecule has 2 heterocycles. The minimum atomic E-state index is -0.589. The molecule has 0 bridgehead atoms. The van der Waals surface area contributed by atoms with Gasteiger partial charge in [0.05, 0.1) is 25.3 Å². The van der Waals surface area contributed by atoms with E-state index in [0.29, 0.717) is 38.5 Å². The van der Waals surface area contributed by atoms with E-state index in [1.54, 1.807) is 19.2 Å². The summed E-state index contributed by atoms with van der Waals surface area (Å²) in [6.07, 6.45) is 0.0465. The quantitative estimate of drug-likeness (QED) is 0.703. The van der Waals surface area contributed by atoms with E-state index in [0.717, 1.165) is 10.5 Å². The molecule has 0 N–H and O–H groups in total. The van der Waals surface area contributed by atoms with E-state index in [9.17, 15) is 18.4 Å². The molecule has 4 rings (SSSR count). The highest BCUT2D eigenvalue weighted by molar-refractivity contribution is 6.22. The van der Waals surface area contributed by atoms with Crippen LogP contribution in [0.1, 0.15) is 12.0 Å². The van der Waals surface area contributed by atoms with Crippen LogP contribution in [0.4, 0.5) is 14.5 Å². The molecular formula is C22H23F2N3O3. The van der Waals surface area contributed by atoms with Gasteiger partial charge in [-0.1, -0.05) is 12.1 Å². The number of carbonyl (C=O) groups excluding carboxylic acids is 2. The van der Waals surface area contributed by atoms with E-state index in [4.69, 9.17) is 4.74 Å². The molecule has 2 amide bonds. The van der Waals surface area contributed by atoms with Crippen molar-refractivity contribution >= 4 is 17.5 Å². The first-order valence-corrected chi connectivity index (χ1v) is 9.88. The maximum Gasteiger partial charge on any atom is 0.251 e. The number of anilines is 1. The number of imide groups is 1. The maximum atomic E-state index is 14.1. The average Bonchev–Trinajstić information content (AvgIpc) is 3.03. The fourth-order valence-corrected chi connectivity index (χ4v) is 4.13. The van der Waals surface area contributed by atoms with Crippen molar-refractivity contribution in [1.82, 2.24) is 9.80 Å². The van der Waals surface area contributed by atoms with E-state index in [1.165, 1.54) is 30.3 Å². The summed E-state index contributed by atoms with van der Waals surface area (Å²) in [5.41, 5.74) is 0.774. The number of hydrogen-bond acceptors (Lipinski definition) is 5. The number of hydrogen-bond donors (Lipinski definition) is 0. The number of amides is 2. The molecule has 0 aliphatic carbocycles. The van der Waals surface area contributed by atoms with E-state index in [-0.39, 0.29) is 29.7 Å². The van der Waals surface area contributed by atoms with Crippen LogP contribution in [0.5, 0.6) is 5.75 Å². The molecule has 2 aliphatic heterocycles. The number of piperazine rings is 1. The van der Waals surface area contributed by atoms with Crippen molar-refractivity contribution in [3.8, 4) is 5.75 Å². The summed E-state index contributed by atoms with van der Waals surface area (Å²) in [5, 5.41) is 0. The monoisotopic (exact) mass is 415 g/mol. The molecule has 30 heavy (non-hydrogen) atoms. The van der Waals surface area contributed by atoms with Crippen LogP contribution >= 0.6 is 0 Å². The Bertz CT molecular complexity index is 960. The Morgan fingerprint density at radius 2 is 1.77 bits per heavy atom. The largest absolute Gasteiger partial charge is 0.496 e. The van der Waals surface area contributed by atoms with E-state index in [1.807, 2.05) is 4.90 Å². The van der Waals surface area contributed by atoms with Gasteiger partial charge in [0.1, 0.15) is 17.4 Å². The zero-order chi connectivity index (χ0) is 21.3. The Hall–Kier alpha value is -2.84. The Balaban J connectivity index is 1.40. The van der Waals surface area contributed by atoms with E-state index < -0.39 is 11.9 Å². The Kier molecular flexibility index (Phi) is 5.78. The first-order chi connectivity index (χ1) is 14.5. The number of halogens is 2. The van der Waals surface area contributed by atoms with Crippen LogP contribution in [0, 0.1) is 11.6 Å². The Labute approximate surface area is 173 Å². The van der Waals surface area contributed by atoms with Crippen molar-refractivity contribution in [2.45, 2.75) is 19.0 Å². The topological polar surface area (TPSA) is 53.1 Å². The molecule has 6 nitrogen and oxygen atoms in total. The lowest BCUT2D eigenvalue weighted by Gasteiger charge is -2.37. The molecule has 0 aromatic heterocycles. The molecular weight excluding hydrogens is 392 g/mol. The van der Waals surface area contributed by atoms with Gasteiger partial charge in [-0.2, -0.15) is 0 Å². The molecule has 0 saturated carbocycles. The van der Waals surface area contributed by atoms with Crippen molar-refractivity contribution in [2.24, 2.45) is 0 Å². The second kappa shape index (κ2) is 8.49. The smallest absolute Gasteiger partial charge is 0.251 e. The molecule has 2 fully saturated rings. The van der Waals surface area contributed by atoms with Crippen molar-refractivity contribution in [3.05, 3.63) is 59.7 Å². The van der Waals surface area contributed by atoms with Crippen LogP contribution in [0.15, 0.2) is 42.5 Å². The summed E-state index contributed by atoms with van der Waals surface area (Å²) < 4.78 is 33.0. The number of para-hydroxylation sites is 1. The van der Waals surface area contributed by atoms with Gasteiger partial charge in [0.15, 0.2) is 0 Å². The van der Waals surface area contributed by atoms with Crippen molar-refractivity contribution in [3.63, 3.8) is 0 Å². The number of carbonyl (C=O) groups is 2. The van der Waals surface area contributed by atoms with Gasteiger partial charge in [0.2, 0.25) is 5.91 Å². The predicted octanol–water partition coefficient (Wildman–Crippen LogP) is 2.42. The van der Waals surface area contributed by atoms with Crippen LogP contribution in [-0.4, -0.2) is 60.9 Å². The molecule has 2 aliphatic rings. The number of methoxy groups -OCH3 is 1. The van der Waals surface area contributed by atoms with Gasteiger partial charge in [0.25, 0.3) is 5.91 Å². The van der Waals surface area contributed by atoms with Crippen LogP contribution in [0.2, 0.25) is 0 Å². The third-order valence-corrected chi connectivity index (χ3v) is 5.70. The van der Waals surface area contributed by atoms with Crippen molar-refractivity contribution in [1.29, 1.82) is 0 Å². The van der Waals surface area contributed by atoms with Crippen molar-refractivity contribution in [2.75, 3.05) is 38.2 Å². The molecule has 2 saturated heterocycles. The third kappa shape index (κ3) is 3.93. The predicted molar refractivity (Wildman–Crippen MR) is 107 cm³/mol. The van der Waals surface area contributed by atoms with Gasteiger partial charge >= 0.3 is 0 Å². The zero-order valence-corrected chi connectivity index (χ0v) is 16.7. The zero-order valence-electron chi connectivity index (χ0n) is 16.7. The van der Waals surface area contributed by atoms with E-state index >= 15 is 0 Å². The van der Waals surface area contributed by atoms with Crippen LogP contribution in [0.3, 0.4) is 0 Å². The van der Waals surface area contributed by atoms with Gasteiger partial charge in [0, 0.05) is 38.3 Å². The number of nitrogens with zero attached hydrogens (tertiary/aromatic N) is 3. The van der Waals surface area contributed by atoms with E-state index in [2.05, 4.69) is 4.90 Å². The summed E-state index contributed by atoms with van der Waals surface area (Å²) in [6, 6.07) is 9.67. The fraction of sp³-hybridized carbons (Fsp3) is 0.364. The second-order valence-corrected chi connectivity index (χ2v) is 7.51. The average molecular weight is 415 g/mol. The summed E-state index contributed by atoms with van der Waals surface area (Å²) in [5.74, 6) is -1.04. The highest BCUT2D eigenvalue weighted by Gasteiger charge is 2.44. The molecule has 0 unspecified atom stereocenters. The lowest BCUT2D eigenvalue weighted by Crippen LogP contribution is -2.52. The number of benzene rings is 2. The minimum Gasteiger partial charge on any atom is -0.496 e. The summed E-state index contributed by atoms with van der Waals surface area (Å²) in [7, 11) is 1.55. The van der Waals surface area contributed by atoms with Gasteiger partial charge < -0.3 is 4.74 Å². The van der Waals surface area contributed by atoms with Crippen LogP contribution in [0.25, 0.3) is 0 Å². The summed E-state index contributed by atoms with van der Waals surface area (Å²) in [4.78, 5) is 30.4.